The van der Waals surface area contributed by atoms with Crippen molar-refractivity contribution in [1.29, 1.82) is 0 Å². The summed E-state index contributed by atoms with van der Waals surface area (Å²) in [4.78, 5) is 0. The molecule has 0 amide bonds. The molecule has 0 bridgehead atoms. The fourth-order valence-electron chi connectivity index (χ4n) is 5.19. The first kappa shape index (κ1) is 9.24. The number of fused-ring (bicyclic) bond motifs is 4. The van der Waals surface area contributed by atoms with Crippen molar-refractivity contribution in [3.05, 3.63) is 0 Å². The van der Waals surface area contributed by atoms with Crippen LogP contribution in [0.1, 0.15) is 40.5 Å². The van der Waals surface area contributed by atoms with Gasteiger partial charge in [-0.05, 0) is 60.2 Å². The van der Waals surface area contributed by atoms with Gasteiger partial charge in [0.05, 0.1) is 0 Å². The Hall–Kier alpha value is 0. The van der Waals surface area contributed by atoms with Crippen molar-refractivity contribution in [2.45, 2.75) is 40.5 Å². The highest BCUT2D eigenvalue weighted by Gasteiger charge is 2.61. The van der Waals surface area contributed by atoms with Crippen LogP contribution < -0.4 is 0 Å². The van der Waals surface area contributed by atoms with Crippen LogP contribution in [0.4, 0.5) is 0 Å². The van der Waals surface area contributed by atoms with Gasteiger partial charge in [0.25, 0.3) is 0 Å². The summed E-state index contributed by atoms with van der Waals surface area (Å²) in [7, 11) is 0. The predicted molar refractivity (Wildman–Crippen MR) is 59.9 cm³/mol. The first-order valence-corrected chi connectivity index (χ1v) is 6.61. The van der Waals surface area contributed by atoms with Gasteiger partial charge in [0, 0.05) is 0 Å². The molecule has 0 saturated heterocycles. The van der Waals surface area contributed by atoms with Crippen LogP contribution in [0.2, 0.25) is 0 Å². The predicted octanol–water partition coefficient (Wildman–Crippen LogP) is 3.82. The molecule has 0 heterocycles. The zero-order valence-electron chi connectivity index (χ0n) is 10.0. The summed E-state index contributed by atoms with van der Waals surface area (Å²) < 4.78 is 0. The topological polar surface area (TPSA) is 0 Å². The molecule has 0 radical (unpaired) electrons. The molecule has 0 aromatic heterocycles. The molecule has 0 aromatic carbocycles. The highest BCUT2D eigenvalue weighted by atomic mass is 14.7. The van der Waals surface area contributed by atoms with Crippen molar-refractivity contribution in [2.75, 3.05) is 0 Å². The molecule has 6 unspecified atom stereocenters. The second-order valence-electron chi connectivity index (χ2n) is 6.63. The number of rotatable bonds is 0. The van der Waals surface area contributed by atoms with Crippen LogP contribution in [-0.2, 0) is 0 Å². The van der Waals surface area contributed by atoms with Gasteiger partial charge in [-0.25, -0.2) is 0 Å². The summed E-state index contributed by atoms with van der Waals surface area (Å²) in [6.45, 7) is 9.99. The van der Waals surface area contributed by atoms with E-state index in [1.807, 2.05) is 0 Å². The first-order chi connectivity index (χ1) is 6.61. The Bertz CT molecular complexity index is 218. The highest BCUT2D eigenvalue weighted by molar-refractivity contribution is 5.09. The average molecular weight is 192 g/mol. The molecular weight excluding hydrogens is 168 g/mol. The quantitative estimate of drug-likeness (QED) is 0.547. The molecule has 0 aliphatic heterocycles. The lowest BCUT2D eigenvalue weighted by Crippen LogP contribution is -2.44. The van der Waals surface area contributed by atoms with Gasteiger partial charge in [-0.1, -0.05) is 27.7 Å². The van der Waals surface area contributed by atoms with Crippen molar-refractivity contribution in [3.63, 3.8) is 0 Å². The van der Waals surface area contributed by atoms with Crippen LogP contribution >= 0.6 is 0 Å². The van der Waals surface area contributed by atoms with Gasteiger partial charge in [0.2, 0.25) is 0 Å². The Morgan fingerprint density at radius 2 is 1.00 bits per heavy atom. The minimum atomic E-state index is 1.01. The zero-order valence-corrected chi connectivity index (χ0v) is 10.0. The lowest BCUT2D eigenvalue weighted by molar-refractivity contribution is -0.0149. The second kappa shape index (κ2) is 2.77. The van der Waals surface area contributed by atoms with Gasteiger partial charge < -0.3 is 0 Å². The van der Waals surface area contributed by atoms with Crippen LogP contribution in [-0.4, -0.2) is 0 Å². The lowest BCUT2D eigenvalue weighted by atomic mass is 9.56. The van der Waals surface area contributed by atoms with E-state index in [0.717, 1.165) is 47.3 Å². The molecule has 3 rings (SSSR count). The van der Waals surface area contributed by atoms with E-state index < -0.39 is 0 Å². The molecule has 0 spiro atoms. The average Bonchev–Trinajstić information content (AvgIpc) is 2.51. The van der Waals surface area contributed by atoms with Gasteiger partial charge in [-0.3, -0.25) is 0 Å². The summed E-state index contributed by atoms with van der Waals surface area (Å²) in [5.74, 6) is 8.58. The maximum absolute atomic E-state index is 2.52. The van der Waals surface area contributed by atoms with Crippen molar-refractivity contribution in [3.8, 4) is 0 Å². The molecule has 3 fully saturated rings. The zero-order chi connectivity index (χ0) is 10.0. The fraction of sp³-hybridized carbons (Fsp3) is 1.00. The molecular formula is C14H24. The summed E-state index contributed by atoms with van der Waals surface area (Å²) in [6, 6.07) is 0. The van der Waals surface area contributed by atoms with E-state index in [9.17, 15) is 0 Å². The normalized spacial score (nSPS) is 66.0. The van der Waals surface area contributed by atoms with E-state index in [4.69, 9.17) is 0 Å². The van der Waals surface area contributed by atoms with Crippen molar-refractivity contribution in [2.24, 2.45) is 47.3 Å². The van der Waals surface area contributed by atoms with E-state index >= 15 is 0 Å². The standard InChI is InChI=1S/C14H24/c1-7-5-11-12-6-8(2)10(4)14(12)13(11)9(7)3/h7-14H,5-6H2,1-4H3/t7-,8+,9?,10?,11?,12?,13?,14?. The van der Waals surface area contributed by atoms with E-state index in [2.05, 4.69) is 27.7 Å². The Balaban J connectivity index is 1.84. The van der Waals surface area contributed by atoms with E-state index in [1.54, 1.807) is 12.8 Å². The molecule has 0 N–H and O–H groups in total. The minimum absolute atomic E-state index is 1.01. The molecule has 80 valence electrons. The first-order valence-electron chi connectivity index (χ1n) is 6.61. The monoisotopic (exact) mass is 192 g/mol. The van der Waals surface area contributed by atoms with Gasteiger partial charge in [-0.15, -0.1) is 0 Å². The van der Waals surface area contributed by atoms with Crippen LogP contribution in [0, 0.1) is 47.3 Å². The van der Waals surface area contributed by atoms with E-state index in [1.165, 1.54) is 0 Å². The third-order valence-corrected chi connectivity index (χ3v) is 6.28. The number of hydrogen-bond acceptors (Lipinski definition) is 0. The van der Waals surface area contributed by atoms with Gasteiger partial charge >= 0.3 is 0 Å². The van der Waals surface area contributed by atoms with Gasteiger partial charge in [0.1, 0.15) is 0 Å². The van der Waals surface area contributed by atoms with Crippen molar-refractivity contribution in [1.82, 2.24) is 0 Å². The molecule has 0 nitrogen and oxygen atoms in total. The highest BCUT2D eigenvalue weighted by Crippen LogP contribution is 2.67. The Morgan fingerprint density at radius 1 is 0.643 bits per heavy atom. The summed E-state index contributed by atoms with van der Waals surface area (Å²) in [6.07, 6.45) is 3.10. The summed E-state index contributed by atoms with van der Waals surface area (Å²) >= 11 is 0. The molecule has 14 heavy (non-hydrogen) atoms. The molecule has 0 aromatic rings. The van der Waals surface area contributed by atoms with Crippen molar-refractivity contribution < 1.29 is 0 Å². The molecule has 3 saturated carbocycles. The SMILES string of the molecule is CC1C2C(C[C@H]1C)C1C[C@H](C)C(C)C12. The largest absolute Gasteiger partial charge is 0.0622 e. The smallest absolute Gasteiger partial charge is 0.0321 e. The van der Waals surface area contributed by atoms with Crippen LogP contribution in [0.15, 0.2) is 0 Å². The number of hydrogen-bond donors (Lipinski definition) is 0. The summed E-state index contributed by atoms with van der Waals surface area (Å²) in [5, 5.41) is 0. The maximum atomic E-state index is 2.52. The third-order valence-electron chi connectivity index (χ3n) is 6.28. The molecule has 0 heteroatoms. The Labute approximate surface area is 88.5 Å². The van der Waals surface area contributed by atoms with E-state index in [-0.39, 0.29) is 0 Å². The van der Waals surface area contributed by atoms with Gasteiger partial charge in [0.15, 0.2) is 0 Å². The van der Waals surface area contributed by atoms with Crippen LogP contribution in [0.25, 0.3) is 0 Å². The molecule has 3 aliphatic carbocycles. The lowest BCUT2D eigenvalue weighted by Gasteiger charge is -2.49. The Morgan fingerprint density at radius 3 is 1.36 bits per heavy atom. The minimum Gasteiger partial charge on any atom is -0.0622 e. The van der Waals surface area contributed by atoms with E-state index in [0.29, 0.717) is 0 Å². The third kappa shape index (κ3) is 0.907. The van der Waals surface area contributed by atoms with Crippen LogP contribution in [0.3, 0.4) is 0 Å². The molecule has 3 aliphatic rings. The Kier molecular flexibility index (Phi) is 1.83. The summed E-state index contributed by atoms with van der Waals surface area (Å²) in [5.41, 5.74) is 0. The van der Waals surface area contributed by atoms with Crippen molar-refractivity contribution >= 4 is 0 Å². The molecule has 8 atom stereocenters. The second-order valence-corrected chi connectivity index (χ2v) is 6.63. The van der Waals surface area contributed by atoms with Gasteiger partial charge in [-0.2, -0.15) is 0 Å². The maximum Gasteiger partial charge on any atom is -0.0321 e. The fourth-order valence-corrected chi connectivity index (χ4v) is 5.19. The van der Waals surface area contributed by atoms with Crippen LogP contribution in [0.5, 0.6) is 0 Å².